The Morgan fingerprint density at radius 3 is 2.66 bits per heavy atom. The lowest BCUT2D eigenvalue weighted by Gasteiger charge is -2.21. The van der Waals surface area contributed by atoms with Crippen molar-refractivity contribution in [3.8, 4) is 0 Å². The van der Waals surface area contributed by atoms with Crippen LogP contribution in [0.25, 0.3) is 11.0 Å². The number of aromatic nitrogens is 3. The zero-order chi connectivity index (χ0) is 21.1. The molecule has 0 fully saturated rings. The monoisotopic (exact) mass is 396 g/mol. The van der Waals surface area contributed by atoms with Crippen molar-refractivity contribution in [1.29, 1.82) is 0 Å². The second-order valence-electron chi connectivity index (χ2n) is 7.63. The van der Waals surface area contributed by atoms with Crippen molar-refractivity contribution < 1.29 is 9.53 Å². The third-order valence-electron chi connectivity index (χ3n) is 5.11. The summed E-state index contributed by atoms with van der Waals surface area (Å²) in [5.41, 5.74) is 3.08. The van der Waals surface area contributed by atoms with Crippen molar-refractivity contribution in [1.82, 2.24) is 19.9 Å². The number of methoxy groups -OCH3 is 1. The maximum absolute atomic E-state index is 13.1. The molecule has 1 atom stereocenters. The number of para-hydroxylation sites is 2. The van der Waals surface area contributed by atoms with Crippen molar-refractivity contribution in [2.24, 2.45) is 5.92 Å². The molecular formula is C22H28N4O3. The van der Waals surface area contributed by atoms with Gasteiger partial charge in [0.15, 0.2) is 0 Å². The summed E-state index contributed by atoms with van der Waals surface area (Å²) in [5.74, 6) is 0.373. The van der Waals surface area contributed by atoms with E-state index in [4.69, 9.17) is 4.74 Å². The zero-order valence-corrected chi connectivity index (χ0v) is 17.6. The molecule has 0 aliphatic heterocycles. The van der Waals surface area contributed by atoms with Crippen LogP contribution in [0.1, 0.15) is 47.3 Å². The molecule has 1 unspecified atom stereocenters. The predicted molar refractivity (Wildman–Crippen MR) is 113 cm³/mol. The fourth-order valence-corrected chi connectivity index (χ4v) is 3.55. The minimum Gasteiger partial charge on any atom is -0.383 e. The standard InChI is InChI=1S/C22H28N4O3/c1-13(2)19(20-23-16-8-6-7-9-17(16)24-20)25-21(27)18-14(3)12-15(4)26(22(18)28)10-11-29-5/h6-9,12-13,19H,10-11H2,1-5H3,(H,23,24)(H,25,27). The molecule has 0 aliphatic carbocycles. The summed E-state index contributed by atoms with van der Waals surface area (Å²) in [6, 6.07) is 9.25. The average molecular weight is 396 g/mol. The summed E-state index contributed by atoms with van der Waals surface area (Å²) >= 11 is 0. The van der Waals surface area contributed by atoms with Crippen molar-refractivity contribution in [3.63, 3.8) is 0 Å². The molecule has 3 aromatic rings. The number of nitrogens with one attached hydrogen (secondary N) is 2. The van der Waals surface area contributed by atoms with Gasteiger partial charge in [-0.15, -0.1) is 0 Å². The number of aryl methyl sites for hydroxylation is 2. The van der Waals surface area contributed by atoms with Crippen LogP contribution in [0.3, 0.4) is 0 Å². The van der Waals surface area contributed by atoms with Crippen LogP contribution in [0.15, 0.2) is 35.1 Å². The number of amides is 1. The highest BCUT2D eigenvalue weighted by molar-refractivity contribution is 5.95. The number of hydrogen-bond donors (Lipinski definition) is 2. The van der Waals surface area contributed by atoms with Crippen LogP contribution in [0.4, 0.5) is 0 Å². The number of imidazole rings is 1. The van der Waals surface area contributed by atoms with Gasteiger partial charge in [0.1, 0.15) is 11.4 Å². The van der Waals surface area contributed by atoms with E-state index >= 15 is 0 Å². The Morgan fingerprint density at radius 2 is 2.00 bits per heavy atom. The van der Waals surface area contributed by atoms with E-state index in [1.807, 2.05) is 51.1 Å². The van der Waals surface area contributed by atoms with Gasteiger partial charge in [0, 0.05) is 19.3 Å². The first-order chi connectivity index (χ1) is 13.8. The summed E-state index contributed by atoms with van der Waals surface area (Å²) in [7, 11) is 1.59. The van der Waals surface area contributed by atoms with E-state index in [9.17, 15) is 9.59 Å². The van der Waals surface area contributed by atoms with Gasteiger partial charge < -0.3 is 19.6 Å². The zero-order valence-electron chi connectivity index (χ0n) is 17.6. The Labute approximate surface area is 170 Å². The molecular weight excluding hydrogens is 368 g/mol. The van der Waals surface area contributed by atoms with E-state index in [0.29, 0.717) is 24.5 Å². The molecule has 0 aliphatic rings. The van der Waals surface area contributed by atoms with Crippen LogP contribution < -0.4 is 10.9 Å². The minimum absolute atomic E-state index is 0.0842. The normalized spacial score (nSPS) is 12.5. The van der Waals surface area contributed by atoms with Crippen molar-refractivity contribution in [2.45, 2.75) is 40.3 Å². The number of rotatable bonds is 7. The van der Waals surface area contributed by atoms with Crippen LogP contribution >= 0.6 is 0 Å². The fourth-order valence-electron chi connectivity index (χ4n) is 3.55. The maximum Gasteiger partial charge on any atom is 0.263 e. The molecule has 2 aromatic heterocycles. The summed E-state index contributed by atoms with van der Waals surface area (Å²) in [4.78, 5) is 34.1. The van der Waals surface area contributed by atoms with Crippen LogP contribution in [0, 0.1) is 19.8 Å². The summed E-state index contributed by atoms with van der Waals surface area (Å²) in [6.07, 6.45) is 0. The number of benzene rings is 1. The molecule has 2 N–H and O–H groups in total. The highest BCUT2D eigenvalue weighted by Crippen LogP contribution is 2.23. The Morgan fingerprint density at radius 1 is 1.28 bits per heavy atom. The molecule has 1 aromatic carbocycles. The van der Waals surface area contributed by atoms with Gasteiger partial charge in [0.25, 0.3) is 11.5 Å². The highest BCUT2D eigenvalue weighted by Gasteiger charge is 2.25. The van der Waals surface area contributed by atoms with Gasteiger partial charge in [0.05, 0.1) is 23.7 Å². The van der Waals surface area contributed by atoms with Gasteiger partial charge in [-0.1, -0.05) is 26.0 Å². The number of carbonyl (C=O) groups is 1. The number of carbonyl (C=O) groups excluding carboxylic acids is 1. The van der Waals surface area contributed by atoms with Gasteiger partial charge in [-0.25, -0.2) is 4.98 Å². The second kappa shape index (κ2) is 8.61. The Balaban J connectivity index is 1.95. The van der Waals surface area contributed by atoms with Crippen LogP contribution in [0.5, 0.6) is 0 Å². The van der Waals surface area contributed by atoms with Crippen LogP contribution in [0.2, 0.25) is 0 Å². The molecule has 2 heterocycles. The van der Waals surface area contributed by atoms with Crippen molar-refractivity contribution in [3.05, 3.63) is 63.3 Å². The number of hydrogen-bond acceptors (Lipinski definition) is 4. The number of H-pyrrole nitrogens is 1. The second-order valence-corrected chi connectivity index (χ2v) is 7.63. The molecule has 154 valence electrons. The minimum atomic E-state index is -0.391. The molecule has 3 rings (SSSR count). The molecule has 0 saturated heterocycles. The van der Waals surface area contributed by atoms with E-state index in [-0.39, 0.29) is 23.1 Å². The number of ether oxygens (including phenoxy) is 1. The lowest BCUT2D eigenvalue weighted by Crippen LogP contribution is -2.39. The molecule has 0 saturated carbocycles. The van der Waals surface area contributed by atoms with Crippen LogP contribution in [-0.4, -0.2) is 34.2 Å². The number of fused-ring (bicyclic) bond motifs is 1. The van der Waals surface area contributed by atoms with E-state index in [1.165, 1.54) is 0 Å². The van der Waals surface area contributed by atoms with Gasteiger partial charge in [-0.2, -0.15) is 0 Å². The molecule has 7 nitrogen and oxygen atoms in total. The van der Waals surface area contributed by atoms with Crippen molar-refractivity contribution in [2.75, 3.05) is 13.7 Å². The number of nitrogens with zero attached hydrogens (tertiary/aromatic N) is 2. The summed E-state index contributed by atoms with van der Waals surface area (Å²) in [6.45, 7) is 8.47. The largest absolute Gasteiger partial charge is 0.383 e. The van der Waals surface area contributed by atoms with E-state index in [2.05, 4.69) is 15.3 Å². The third-order valence-corrected chi connectivity index (χ3v) is 5.11. The van der Waals surface area contributed by atoms with Gasteiger partial charge >= 0.3 is 0 Å². The summed E-state index contributed by atoms with van der Waals surface area (Å²) in [5, 5.41) is 3.02. The van der Waals surface area contributed by atoms with Gasteiger partial charge in [0.2, 0.25) is 0 Å². The first-order valence-corrected chi connectivity index (χ1v) is 9.79. The Hall–Kier alpha value is -2.93. The quantitative estimate of drug-likeness (QED) is 0.642. The molecule has 0 bridgehead atoms. The lowest BCUT2D eigenvalue weighted by atomic mass is 10.0. The smallest absolute Gasteiger partial charge is 0.263 e. The molecule has 7 heteroatoms. The van der Waals surface area contributed by atoms with E-state index < -0.39 is 5.91 Å². The lowest BCUT2D eigenvalue weighted by molar-refractivity contribution is 0.0920. The molecule has 1 amide bonds. The van der Waals surface area contributed by atoms with Crippen molar-refractivity contribution >= 4 is 16.9 Å². The Bertz CT molecular complexity index is 1050. The number of aromatic amines is 1. The maximum atomic E-state index is 13.1. The SMILES string of the molecule is COCCn1c(C)cc(C)c(C(=O)NC(c2nc3ccccc3[nH]2)C(C)C)c1=O. The predicted octanol–water partition coefficient (Wildman–Crippen LogP) is 3.11. The first-order valence-electron chi connectivity index (χ1n) is 9.79. The highest BCUT2D eigenvalue weighted by atomic mass is 16.5. The van der Waals surface area contributed by atoms with Crippen LogP contribution in [-0.2, 0) is 11.3 Å². The molecule has 0 spiro atoms. The number of pyridine rings is 1. The topological polar surface area (TPSA) is 89.0 Å². The van der Waals surface area contributed by atoms with E-state index in [1.54, 1.807) is 18.6 Å². The Kier molecular flexibility index (Phi) is 6.17. The van der Waals surface area contributed by atoms with Gasteiger partial charge in [-0.3, -0.25) is 9.59 Å². The third kappa shape index (κ3) is 4.24. The summed E-state index contributed by atoms with van der Waals surface area (Å²) < 4.78 is 6.68. The van der Waals surface area contributed by atoms with Gasteiger partial charge in [-0.05, 0) is 43.5 Å². The molecule has 29 heavy (non-hydrogen) atoms. The molecule has 0 radical (unpaired) electrons. The first kappa shape index (κ1) is 20.8. The average Bonchev–Trinajstić information content (AvgIpc) is 3.09. The van der Waals surface area contributed by atoms with E-state index in [0.717, 1.165) is 16.7 Å². The fraction of sp³-hybridized carbons (Fsp3) is 0.409.